The van der Waals surface area contributed by atoms with E-state index in [0.717, 1.165) is 67.4 Å². The van der Waals surface area contributed by atoms with E-state index in [1.807, 2.05) is 18.2 Å². The summed E-state index contributed by atoms with van der Waals surface area (Å²) in [4.78, 5) is 15.7. The van der Waals surface area contributed by atoms with Gasteiger partial charge in [0.1, 0.15) is 5.75 Å². The lowest BCUT2D eigenvalue weighted by molar-refractivity contribution is -0.145. The number of nitrogens with one attached hydrogen (secondary N) is 1. The smallest absolute Gasteiger partial charge is 0.302 e. The summed E-state index contributed by atoms with van der Waals surface area (Å²) in [5.74, 6) is 0.598. The minimum Gasteiger partial charge on any atom is -0.497 e. The van der Waals surface area contributed by atoms with Crippen molar-refractivity contribution in [3.05, 3.63) is 35.0 Å². The standard InChI is InChI=1S/C21H27ClN2O3/c1-15(25)27-14-21(8-10-23-11-9-21)7-3-4-17-18-12-16(26-2)5-6-20(18)24-13-19(17)22/h5-6,12-13,23H,3-4,7-11,14H2,1-2H3. The number of ether oxygens (including phenoxy) is 2. The van der Waals surface area contributed by atoms with E-state index in [9.17, 15) is 4.79 Å². The van der Waals surface area contributed by atoms with Gasteiger partial charge in [0.05, 0.1) is 24.3 Å². The van der Waals surface area contributed by atoms with Crippen molar-refractivity contribution in [1.29, 1.82) is 0 Å². The monoisotopic (exact) mass is 390 g/mol. The van der Waals surface area contributed by atoms with Gasteiger partial charge in [-0.25, -0.2) is 0 Å². The third kappa shape index (κ3) is 4.90. The van der Waals surface area contributed by atoms with Crippen LogP contribution in [0.25, 0.3) is 10.9 Å². The molecule has 27 heavy (non-hydrogen) atoms. The van der Waals surface area contributed by atoms with Crippen molar-refractivity contribution in [2.24, 2.45) is 5.41 Å². The van der Waals surface area contributed by atoms with Crippen molar-refractivity contribution in [3.63, 3.8) is 0 Å². The molecule has 1 fully saturated rings. The number of nitrogens with zero attached hydrogens (tertiary/aromatic N) is 1. The number of aryl methyl sites for hydroxylation is 1. The van der Waals surface area contributed by atoms with E-state index in [1.165, 1.54) is 6.92 Å². The number of pyridine rings is 1. The fraction of sp³-hybridized carbons (Fsp3) is 0.524. The summed E-state index contributed by atoms with van der Waals surface area (Å²) in [5.41, 5.74) is 2.09. The van der Waals surface area contributed by atoms with Gasteiger partial charge in [-0.1, -0.05) is 11.6 Å². The van der Waals surface area contributed by atoms with Gasteiger partial charge in [0.2, 0.25) is 0 Å². The molecule has 146 valence electrons. The van der Waals surface area contributed by atoms with E-state index in [1.54, 1.807) is 13.3 Å². The molecule has 1 N–H and O–H groups in total. The van der Waals surface area contributed by atoms with Crippen molar-refractivity contribution in [3.8, 4) is 5.75 Å². The van der Waals surface area contributed by atoms with Crippen LogP contribution in [0.5, 0.6) is 5.75 Å². The van der Waals surface area contributed by atoms with Crippen LogP contribution in [0.2, 0.25) is 5.02 Å². The fourth-order valence-electron chi connectivity index (χ4n) is 3.90. The number of aromatic nitrogens is 1. The predicted octanol–water partition coefficient (Wildman–Crippen LogP) is 4.15. The van der Waals surface area contributed by atoms with Gasteiger partial charge in [0.25, 0.3) is 0 Å². The van der Waals surface area contributed by atoms with Crippen molar-refractivity contribution < 1.29 is 14.3 Å². The molecule has 0 radical (unpaired) electrons. The second kappa shape index (κ2) is 8.89. The van der Waals surface area contributed by atoms with Crippen LogP contribution in [0, 0.1) is 5.41 Å². The molecule has 1 aromatic carbocycles. The van der Waals surface area contributed by atoms with Crippen LogP contribution >= 0.6 is 11.6 Å². The number of methoxy groups -OCH3 is 1. The Bertz CT molecular complexity index is 803. The van der Waals surface area contributed by atoms with Crippen molar-refractivity contribution in [2.45, 2.75) is 39.0 Å². The van der Waals surface area contributed by atoms with E-state index >= 15 is 0 Å². The van der Waals surface area contributed by atoms with Gasteiger partial charge in [-0.05, 0) is 69.0 Å². The lowest BCUT2D eigenvalue weighted by Gasteiger charge is -2.37. The van der Waals surface area contributed by atoms with E-state index < -0.39 is 0 Å². The Morgan fingerprint density at radius 3 is 2.81 bits per heavy atom. The Hall–Kier alpha value is -1.85. The summed E-state index contributed by atoms with van der Waals surface area (Å²) in [5, 5.41) is 5.13. The molecule has 2 heterocycles. The highest BCUT2D eigenvalue weighted by Gasteiger charge is 2.32. The van der Waals surface area contributed by atoms with Crippen LogP contribution in [0.4, 0.5) is 0 Å². The SMILES string of the molecule is COc1ccc2ncc(Cl)c(CCCC3(COC(C)=O)CCNCC3)c2c1. The molecule has 1 aromatic heterocycles. The number of rotatable bonds is 7. The third-order valence-corrected chi connectivity index (χ3v) is 5.84. The van der Waals surface area contributed by atoms with E-state index in [-0.39, 0.29) is 11.4 Å². The average Bonchev–Trinajstić information content (AvgIpc) is 2.68. The molecular formula is C21H27ClN2O3. The largest absolute Gasteiger partial charge is 0.497 e. The normalized spacial score (nSPS) is 16.3. The van der Waals surface area contributed by atoms with Crippen LogP contribution in [-0.2, 0) is 16.0 Å². The minimum absolute atomic E-state index is 0.0594. The number of hydrogen-bond acceptors (Lipinski definition) is 5. The van der Waals surface area contributed by atoms with E-state index in [2.05, 4.69) is 10.3 Å². The predicted molar refractivity (Wildman–Crippen MR) is 107 cm³/mol. The topological polar surface area (TPSA) is 60.5 Å². The molecule has 0 amide bonds. The highest BCUT2D eigenvalue weighted by atomic mass is 35.5. The van der Waals surface area contributed by atoms with Gasteiger partial charge < -0.3 is 14.8 Å². The highest BCUT2D eigenvalue weighted by Crippen LogP contribution is 2.36. The summed E-state index contributed by atoms with van der Waals surface area (Å²) in [6.45, 7) is 3.92. The lowest BCUT2D eigenvalue weighted by atomic mass is 9.75. The summed E-state index contributed by atoms with van der Waals surface area (Å²) >= 11 is 6.48. The summed E-state index contributed by atoms with van der Waals surface area (Å²) < 4.78 is 10.8. The highest BCUT2D eigenvalue weighted by molar-refractivity contribution is 6.32. The second-order valence-electron chi connectivity index (χ2n) is 7.35. The molecule has 0 atom stereocenters. The number of benzene rings is 1. The molecule has 1 aliphatic rings. The summed E-state index contributed by atoms with van der Waals surface area (Å²) in [6, 6.07) is 5.88. The summed E-state index contributed by atoms with van der Waals surface area (Å²) in [6.07, 6.45) is 6.63. The zero-order valence-electron chi connectivity index (χ0n) is 16.0. The van der Waals surface area contributed by atoms with Crippen LogP contribution < -0.4 is 10.1 Å². The van der Waals surface area contributed by atoms with Gasteiger partial charge >= 0.3 is 5.97 Å². The number of hydrogen-bond donors (Lipinski definition) is 1. The fourth-order valence-corrected chi connectivity index (χ4v) is 4.15. The van der Waals surface area contributed by atoms with Crippen LogP contribution in [-0.4, -0.2) is 37.8 Å². The van der Waals surface area contributed by atoms with Crippen molar-refractivity contribution in [2.75, 3.05) is 26.8 Å². The second-order valence-corrected chi connectivity index (χ2v) is 7.76. The zero-order chi connectivity index (χ0) is 19.3. The quantitative estimate of drug-likeness (QED) is 0.719. The molecule has 2 aromatic rings. The minimum atomic E-state index is -0.205. The maximum absolute atomic E-state index is 11.3. The van der Waals surface area contributed by atoms with Crippen molar-refractivity contribution in [1.82, 2.24) is 10.3 Å². The zero-order valence-corrected chi connectivity index (χ0v) is 16.8. The maximum atomic E-state index is 11.3. The van der Waals surface area contributed by atoms with Crippen LogP contribution in [0.15, 0.2) is 24.4 Å². The average molecular weight is 391 g/mol. The lowest BCUT2D eigenvalue weighted by Crippen LogP contribution is -2.40. The first-order valence-electron chi connectivity index (χ1n) is 9.48. The molecule has 0 aliphatic carbocycles. The first-order valence-corrected chi connectivity index (χ1v) is 9.86. The Labute approximate surface area is 165 Å². The molecule has 0 spiro atoms. The number of piperidine rings is 1. The van der Waals surface area contributed by atoms with Gasteiger partial charge in [0.15, 0.2) is 0 Å². The molecule has 1 aliphatic heterocycles. The van der Waals surface area contributed by atoms with E-state index in [4.69, 9.17) is 21.1 Å². The summed E-state index contributed by atoms with van der Waals surface area (Å²) in [7, 11) is 1.66. The van der Waals surface area contributed by atoms with E-state index in [0.29, 0.717) is 11.6 Å². The van der Waals surface area contributed by atoms with Gasteiger partial charge in [-0.3, -0.25) is 9.78 Å². The molecular weight excluding hydrogens is 364 g/mol. The Morgan fingerprint density at radius 1 is 1.33 bits per heavy atom. The maximum Gasteiger partial charge on any atom is 0.302 e. The van der Waals surface area contributed by atoms with Gasteiger partial charge in [-0.2, -0.15) is 0 Å². The number of carbonyl (C=O) groups excluding carboxylic acids is 1. The molecule has 0 unspecified atom stereocenters. The molecule has 0 saturated carbocycles. The number of carbonyl (C=O) groups is 1. The molecule has 0 bridgehead atoms. The molecule has 3 rings (SSSR count). The first kappa shape index (κ1) is 19.9. The third-order valence-electron chi connectivity index (χ3n) is 5.51. The van der Waals surface area contributed by atoms with Gasteiger partial charge in [0, 0.05) is 23.9 Å². The van der Waals surface area contributed by atoms with Crippen LogP contribution in [0.3, 0.4) is 0 Å². The molecule has 1 saturated heterocycles. The van der Waals surface area contributed by atoms with Crippen LogP contribution in [0.1, 0.15) is 38.2 Å². The number of halogens is 1. The van der Waals surface area contributed by atoms with Crippen molar-refractivity contribution >= 4 is 28.5 Å². The Balaban J connectivity index is 1.75. The number of esters is 1. The number of fused-ring (bicyclic) bond motifs is 1. The van der Waals surface area contributed by atoms with Gasteiger partial charge in [-0.15, -0.1) is 0 Å². The Kier molecular flexibility index (Phi) is 6.55. The Morgan fingerprint density at radius 2 is 2.11 bits per heavy atom. The molecule has 5 nitrogen and oxygen atoms in total. The molecule has 6 heteroatoms. The first-order chi connectivity index (χ1) is 13.0.